The second-order valence-electron chi connectivity index (χ2n) is 12.4. The standard InChI is InChI=1S/C27H36O9/c1-14(28)19-10-21-27(35-21)20-7-6-18-11-25(34-17(4)31)9-8-23(18,5)26(20,36-25)22(33-16(3)30)12-24(19,27)13-32-15(2)29/h18-22H,6-13H2,1-5H3. The Balaban J connectivity index is 1.54. The zero-order valence-corrected chi connectivity index (χ0v) is 21.7. The summed E-state index contributed by atoms with van der Waals surface area (Å²) < 4.78 is 31.3. The van der Waals surface area contributed by atoms with Gasteiger partial charge in [-0.3, -0.25) is 19.2 Å². The van der Waals surface area contributed by atoms with Crippen LogP contribution in [0.15, 0.2) is 0 Å². The van der Waals surface area contributed by atoms with Crippen molar-refractivity contribution in [1.82, 2.24) is 0 Å². The number of fused-ring (bicyclic) bond motifs is 1. The first-order chi connectivity index (χ1) is 16.9. The molecule has 198 valence electrons. The van der Waals surface area contributed by atoms with Crippen molar-refractivity contribution in [2.24, 2.45) is 28.6 Å². The van der Waals surface area contributed by atoms with Gasteiger partial charge in [0.05, 0.1) is 6.10 Å². The summed E-state index contributed by atoms with van der Waals surface area (Å²) in [6, 6.07) is 0. The van der Waals surface area contributed by atoms with Crippen LogP contribution in [0.25, 0.3) is 0 Å². The first-order valence-corrected chi connectivity index (χ1v) is 13.2. The van der Waals surface area contributed by atoms with Crippen LogP contribution < -0.4 is 0 Å². The van der Waals surface area contributed by atoms with Gasteiger partial charge in [0.2, 0.25) is 5.79 Å². The molecule has 4 aliphatic carbocycles. The van der Waals surface area contributed by atoms with Crippen LogP contribution >= 0.6 is 0 Å². The van der Waals surface area contributed by atoms with E-state index in [0.29, 0.717) is 19.3 Å². The number of esters is 3. The minimum absolute atomic E-state index is 0.0252. The maximum atomic E-state index is 13.0. The van der Waals surface area contributed by atoms with Crippen molar-refractivity contribution < 1.29 is 42.9 Å². The molecule has 0 N–H and O–H groups in total. The van der Waals surface area contributed by atoms with E-state index in [1.54, 1.807) is 6.92 Å². The number of hydrogen-bond acceptors (Lipinski definition) is 9. The van der Waals surface area contributed by atoms with Crippen LogP contribution in [0.2, 0.25) is 0 Å². The van der Waals surface area contributed by atoms with E-state index in [1.165, 1.54) is 20.8 Å². The molecule has 0 aromatic heterocycles. The number of ketones is 1. The number of hydrogen-bond donors (Lipinski definition) is 0. The van der Waals surface area contributed by atoms with E-state index >= 15 is 0 Å². The monoisotopic (exact) mass is 504 g/mol. The van der Waals surface area contributed by atoms with Gasteiger partial charge >= 0.3 is 17.9 Å². The van der Waals surface area contributed by atoms with E-state index in [2.05, 4.69) is 6.92 Å². The molecule has 7 rings (SSSR count). The zero-order chi connectivity index (χ0) is 25.9. The van der Waals surface area contributed by atoms with Gasteiger partial charge in [-0.05, 0) is 44.9 Å². The molecule has 7 fully saturated rings. The molecule has 0 aromatic rings. The van der Waals surface area contributed by atoms with Crippen LogP contribution in [-0.2, 0) is 42.9 Å². The molecule has 4 bridgehead atoms. The van der Waals surface area contributed by atoms with Crippen molar-refractivity contribution in [1.29, 1.82) is 0 Å². The van der Waals surface area contributed by atoms with Crippen LogP contribution in [-0.4, -0.2) is 59.5 Å². The van der Waals surface area contributed by atoms with Crippen molar-refractivity contribution in [3.05, 3.63) is 0 Å². The summed E-state index contributed by atoms with van der Waals surface area (Å²) in [4.78, 5) is 49.7. The van der Waals surface area contributed by atoms with E-state index in [4.69, 9.17) is 23.7 Å². The molecule has 9 nitrogen and oxygen atoms in total. The molecule has 10 unspecified atom stereocenters. The molecule has 0 amide bonds. The number of Topliss-reactive ketones (excluding diaryl/α,β-unsaturated/α-hetero) is 1. The molecule has 4 saturated carbocycles. The normalized spacial score (nSPS) is 51.3. The fourth-order valence-electron chi connectivity index (χ4n) is 9.83. The first-order valence-electron chi connectivity index (χ1n) is 13.2. The SMILES string of the molecule is CC(=O)OCC12CC(OC(C)=O)C34OC5(OC(C)=O)CCC3(C)C(CCC4C13OC3CC2C(C)=O)C5. The average molecular weight is 505 g/mol. The largest absolute Gasteiger partial charge is 0.465 e. The quantitative estimate of drug-likeness (QED) is 0.316. The van der Waals surface area contributed by atoms with Crippen LogP contribution in [0, 0.1) is 28.6 Å². The van der Waals surface area contributed by atoms with E-state index in [9.17, 15) is 19.2 Å². The van der Waals surface area contributed by atoms with Crippen LogP contribution in [0.3, 0.4) is 0 Å². The highest BCUT2D eigenvalue weighted by atomic mass is 16.7. The smallest absolute Gasteiger partial charge is 0.305 e. The highest BCUT2D eigenvalue weighted by Gasteiger charge is 2.90. The first kappa shape index (κ1) is 24.3. The molecule has 0 aromatic carbocycles. The molecule has 7 aliphatic rings. The van der Waals surface area contributed by atoms with Gasteiger partial charge < -0.3 is 23.7 Å². The van der Waals surface area contributed by atoms with E-state index in [0.717, 1.165) is 19.3 Å². The van der Waals surface area contributed by atoms with Gasteiger partial charge in [-0.1, -0.05) is 6.92 Å². The predicted molar refractivity (Wildman–Crippen MR) is 122 cm³/mol. The minimum atomic E-state index is -1.07. The van der Waals surface area contributed by atoms with Gasteiger partial charge in [-0.25, -0.2) is 0 Å². The molecule has 36 heavy (non-hydrogen) atoms. The maximum absolute atomic E-state index is 13.0. The fourth-order valence-corrected chi connectivity index (χ4v) is 9.83. The van der Waals surface area contributed by atoms with Gasteiger partial charge in [0, 0.05) is 56.3 Å². The molecule has 0 radical (unpaired) electrons. The predicted octanol–water partition coefficient (Wildman–Crippen LogP) is 2.86. The second-order valence-corrected chi connectivity index (χ2v) is 12.4. The Labute approximate surface area is 210 Å². The average Bonchev–Trinajstić information content (AvgIpc) is 3.41. The van der Waals surface area contributed by atoms with Crippen LogP contribution in [0.4, 0.5) is 0 Å². The van der Waals surface area contributed by atoms with Gasteiger partial charge in [0.25, 0.3) is 0 Å². The number of epoxide rings is 1. The highest BCUT2D eigenvalue weighted by Crippen LogP contribution is 2.81. The molecular weight excluding hydrogens is 468 g/mol. The Bertz CT molecular complexity index is 1060. The lowest BCUT2D eigenvalue weighted by atomic mass is 9.39. The fraction of sp³-hybridized carbons (Fsp3) is 0.852. The summed E-state index contributed by atoms with van der Waals surface area (Å²) in [7, 11) is 0. The number of carbonyl (C=O) groups is 4. The van der Waals surface area contributed by atoms with Gasteiger partial charge in [-0.2, -0.15) is 0 Å². The topological polar surface area (TPSA) is 118 Å². The molecule has 2 spiro atoms. The number of ether oxygens (including phenoxy) is 5. The Hall–Kier alpha value is -2.00. The summed E-state index contributed by atoms with van der Waals surface area (Å²) in [5.41, 5.74) is -2.81. The van der Waals surface area contributed by atoms with Crippen molar-refractivity contribution in [3.63, 3.8) is 0 Å². The molecule has 3 saturated heterocycles. The molecule has 3 aliphatic heterocycles. The summed E-state index contributed by atoms with van der Waals surface area (Å²) in [5.74, 6) is -2.65. The second kappa shape index (κ2) is 7.31. The lowest BCUT2D eigenvalue weighted by molar-refractivity contribution is -0.437. The third-order valence-electron chi connectivity index (χ3n) is 10.9. The summed E-state index contributed by atoms with van der Waals surface area (Å²) in [6.07, 6.45) is 3.63. The summed E-state index contributed by atoms with van der Waals surface area (Å²) in [6.45, 7) is 7.97. The lowest BCUT2D eigenvalue weighted by Crippen LogP contribution is -2.82. The van der Waals surface area contributed by atoms with Crippen LogP contribution in [0.5, 0.6) is 0 Å². The van der Waals surface area contributed by atoms with E-state index < -0.39 is 46.4 Å². The minimum Gasteiger partial charge on any atom is -0.465 e. The third-order valence-corrected chi connectivity index (χ3v) is 10.9. The molecule has 10 atom stereocenters. The van der Waals surface area contributed by atoms with Gasteiger partial charge in [-0.15, -0.1) is 0 Å². The Kier molecular flexibility index (Phi) is 4.94. The van der Waals surface area contributed by atoms with Crippen molar-refractivity contribution >= 4 is 23.7 Å². The Morgan fingerprint density at radius 1 is 0.917 bits per heavy atom. The lowest BCUT2D eigenvalue weighted by Gasteiger charge is -2.74. The molecule has 9 heteroatoms. The number of carbonyl (C=O) groups excluding carboxylic acids is 4. The van der Waals surface area contributed by atoms with Crippen molar-refractivity contribution in [2.45, 2.75) is 109 Å². The maximum Gasteiger partial charge on any atom is 0.305 e. The summed E-state index contributed by atoms with van der Waals surface area (Å²) in [5, 5.41) is 0. The van der Waals surface area contributed by atoms with Crippen molar-refractivity contribution in [3.8, 4) is 0 Å². The van der Waals surface area contributed by atoms with E-state index in [1.807, 2.05) is 0 Å². The zero-order valence-electron chi connectivity index (χ0n) is 21.7. The number of rotatable bonds is 5. The van der Waals surface area contributed by atoms with Crippen molar-refractivity contribution in [2.75, 3.05) is 6.61 Å². The third kappa shape index (κ3) is 2.74. The van der Waals surface area contributed by atoms with Gasteiger partial charge in [0.1, 0.15) is 29.7 Å². The van der Waals surface area contributed by atoms with E-state index in [-0.39, 0.29) is 48.1 Å². The molecular formula is C27H36O9. The molecule has 3 heterocycles. The Morgan fingerprint density at radius 2 is 1.67 bits per heavy atom. The summed E-state index contributed by atoms with van der Waals surface area (Å²) >= 11 is 0. The van der Waals surface area contributed by atoms with Crippen LogP contribution in [0.1, 0.15) is 79.6 Å². The Morgan fingerprint density at radius 3 is 2.31 bits per heavy atom. The van der Waals surface area contributed by atoms with Gasteiger partial charge in [0.15, 0.2) is 0 Å². The highest BCUT2D eigenvalue weighted by molar-refractivity contribution is 5.81.